The van der Waals surface area contributed by atoms with Crippen LogP contribution in [0.5, 0.6) is 0 Å². The van der Waals surface area contributed by atoms with E-state index in [0.29, 0.717) is 11.8 Å². The van der Waals surface area contributed by atoms with Crippen molar-refractivity contribution in [1.29, 1.82) is 0 Å². The van der Waals surface area contributed by atoms with E-state index in [2.05, 4.69) is 224 Å². The Balaban J connectivity index is 1.02. The molecule has 1 aliphatic heterocycles. The molecule has 2 nitrogen and oxygen atoms in total. The second-order valence-electron chi connectivity index (χ2n) is 18.7. The zero-order chi connectivity index (χ0) is 41.6. The Labute approximate surface area is 367 Å². The van der Waals surface area contributed by atoms with Crippen LogP contribution in [0.3, 0.4) is 0 Å². The summed E-state index contributed by atoms with van der Waals surface area (Å²) in [6, 6.07) is 64.6. The molecule has 3 unspecified atom stereocenters. The van der Waals surface area contributed by atoms with Crippen molar-refractivity contribution in [2.75, 3.05) is 4.90 Å². The molecule has 2 heterocycles. The maximum atomic E-state index is 2.57. The molecule has 0 radical (unpaired) electrons. The Hall–Kier alpha value is -7.42. The van der Waals surface area contributed by atoms with Crippen LogP contribution in [0.2, 0.25) is 0 Å². The zero-order valence-corrected chi connectivity index (χ0v) is 35.4. The summed E-state index contributed by atoms with van der Waals surface area (Å²) in [6.45, 7) is 4.79. The number of fused-ring (bicyclic) bond motifs is 18. The van der Waals surface area contributed by atoms with Crippen LogP contribution in [0.15, 0.2) is 206 Å². The molecule has 3 aliphatic carbocycles. The van der Waals surface area contributed by atoms with Gasteiger partial charge in [-0.05, 0) is 127 Å². The van der Waals surface area contributed by atoms with Crippen molar-refractivity contribution < 1.29 is 0 Å². The van der Waals surface area contributed by atoms with Crippen LogP contribution in [-0.4, -0.2) is 10.6 Å². The topological polar surface area (TPSA) is 8.17 Å². The van der Waals surface area contributed by atoms with E-state index in [-0.39, 0.29) is 11.5 Å². The molecule has 2 heteroatoms. The molecule has 0 N–H and O–H groups in total. The third kappa shape index (κ3) is 4.79. The summed E-state index contributed by atoms with van der Waals surface area (Å²) in [5.74, 6) is 0.752. The highest BCUT2D eigenvalue weighted by atomic mass is 15.2. The van der Waals surface area contributed by atoms with Gasteiger partial charge in [-0.15, -0.1) is 0 Å². The van der Waals surface area contributed by atoms with E-state index in [1.807, 2.05) is 0 Å². The zero-order valence-electron chi connectivity index (χ0n) is 35.4. The number of aromatic nitrogens is 1. The summed E-state index contributed by atoms with van der Waals surface area (Å²) >= 11 is 0. The second-order valence-corrected chi connectivity index (χ2v) is 18.7. The fourth-order valence-corrected chi connectivity index (χ4v) is 12.4. The van der Waals surface area contributed by atoms with Gasteiger partial charge < -0.3 is 9.47 Å². The Kier molecular flexibility index (Phi) is 7.16. The van der Waals surface area contributed by atoms with Gasteiger partial charge in [0.1, 0.15) is 0 Å². The maximum absolute atomic E-state index is 2.57. The molecule has 10 aromatic rings. The van der Waals surface area contributed by atoms with Gasteiger partial charge in [0.15, 0.2) is 0 Å². The largest absolute Gasteiger partial charge is 0.333 e. The predicted octanol–water partition coefficient (Wildman–Crippen LogP) is 15.9. The Morgan fingerprint density at radius 1 is 0.508 bits per heavy atom. The van der Waals surface area contributed by atoms with Gasteiger partial charge in [-0.3, -0.25) is 0 Å². The van der Waals surface area contributed by atoms with E-state index in [4.69, 9.17) is 0 Å². The minimum absolute atomic E-state index is 0.124. The number of hydrogen-bond donors (Lipinski definition) is 0. The van der Waals surface area contributed by atoms with E-state index in [9.17, 15) is 0 Å². The lowest BCUT2D eigenvalue weighted by molar-refractivity contribution is 0.591. The molecule has 0 bridgehead atoms. The van der Waals surface area contributed by atoms with Gasteiger partial charge in [0.25, 0.3) is 0 Å². The predicted molar refractivity (Wildman–Crippen MR) is 266 cm³/mol. The van der Waals surface area contributed by atoms with E-state index < -0.39 is 0 Å². The lowest BCUT2D eigenvalue weighted by Gasteiger charge is -2.35. The van der Waals surface area contributed by atoms with Crippen LogP contribution in [0.1, 0.15) is 42.9 Å². The van der Waals surface area contributed by atoms with Gasteiger partial charge in [-0.25, -0.2) is 0 Å². The molecule has 0 fully saturated rings. The highest BCUT2D eigenvalue weighted by molar-refractivity contribution is 6.35. The standard InChI is InChI=1S/C61H44N2/c1-61(2)52-26-13-12-24-46(52)49-35-51-57(36-53(49)61)63(56-32-29-48-45-23-9-8-21-43(45)44-22-10-11-25-47(44)59(48)60(51)56)41-19-14-16-38(33-41)39-28-30-54-50(34-39)58-42-20-7-6-15-37(42)27-31-55(58)62(54)40-17-4-3-5-18-40/h3-14,16-37,55,58H,15H2,1-2H3. The van der Waals surface area contributed by atoms with Gasteiger partial charge in [0.2, 0.25) is 0 Å². The Morgan fingerprint density at radius 2 is 1.22 bits per heavy atom. The number of para-hydroxylation sites is 1. The van der Waals surface area contributed by atoms with Crippen LogP contribution in [0.25, 0.3) is 82.1 Å². The first-order chi connectivity index (χ1) is 31.0. The fourth-order valence-electron chi connectivity index (χ4n) is 12.4. The third-order valence-electron chi connectivity index (χ3n) is 15.2. The lowest BCUT2D eigenvalue weighted by Crippen LogP contribution is -2.33. The Morgan fingerprint density at radius 3 is 2.06 bits per heavy atom. The Bertz CT molecular complexity index is 3670. The van der Waals surface area contributed by atoms with Crippen LogP contribution in [0, 0.1) is 5.92 Å². The minimum atomic E-state index is -0.124. The molecule has 14 rings (SSSR count). The summed E-state index contributed by atoms with van der Waals surface area (Å²) in [4.78, 5) is 2.57. The van der Waals surface area contributed by atoms with Crippen molar-refractivity contribution in [2.24, 2.45) is 5.92 Å². The average molecular weight is 805 g/mol. The number of benzene rings is 9. The van der Waals surface area contributed by atoms with E-state index >= 15 is 0 Å². The van der Waals surface area contributed by atoms with Crippen molar-refractivity contribution >= 4 is 65.5 Å². The molecular weight excluding hydrogens is 761 g/mol. The van der Waals surface area contributed by atoms with Crippen molar-refractivity contribution in [2.45, 2.75) is 37.6 Å². The van der Waals surface area contributed by atoms with Gasteiger partial charge in [-0.2, -0.15) is 0 Å². The minimum Gasteiger partial charge on any atom is -0.333 e. The molecule has 4 aliphatic rings. The van der Waals surface area contributed by atoms with E-state index in [0.717, 1.165) is 6.42 Å². The number of anilines is 2. The third-order valence-corrected chi connectivity index (χ3v) is 15.2. The molecule has 0 saturated heterocycles. The maximum Gasteiger partial charge on any atom is 0.0629 e. The smallest absolute Gasteiger partial charge is 0.0629 e. The van der Waals surface area contributed by atoms with Gasteiger partial charge in [0, 0.05) is 50.5 Å². The first-order valence-corrected chi connectivity index (χ1v) is 22.6. The summed E-state index contributed by atoms with van der Waals surface area (Å²) in [5, 5.41) is 10.4. The van der Waals surface area contributed by atoms with E-state index in [1.54, 1.807) is 0 Å². The molecule has 3 atom stereocenters. The summed E-state index contributed by atoms with van der Waals surface area (Å²) < 4.78 is 2.56. The van der Waals surface area contributed by atoms with Crippen LogP contribution < -0.4 is 4.90 Å². The van der Waals surface area contributed by atoms with Crippen molar-refractivity contribution in [3.8, 4) is 27.9 Å². The number of nitrogens with zero attached hydrogens (tertiary/aromatic N) is 2. The number of allylic oxidation sites excluding steroid dienone is 4. The molecular formula is C61H44N2. The number of hydrogen-bond acceptors (Lipinski definition) is 1. The van der Waals surface area contributed by atoms with E-state index in [1.165, 1.54) is 116 Å². The first kappa shape index (κ1) is 35.2. The molecule has 9 aromatic carbocycles. The van der Waals surface area contributed by atoms with Gasteiger partial charge >= 0.3 is 0 Å². The summed E-state index contributed by atoms with van der Waals surface area (Å²) in [7, 11) is 0. The summed E-state index contributed by atoms with van der Waals surface area (Å²) in [6.07, 6.45) is 13.0. The highest BCUT2D eigenvalue weighted by Gasteiger charge is 2.44. The van der Waals surface area contributed by atoms with Gasteiger partial charge in [-0.1, -0.05) is 165 Å². The monoisotopic (exact) mass is 804 g/mol. The molecule has 1 aromatic heterocycles. The van der Waals surface area contributed by atoms with Crippen molar-refractivity contribution in [3.05, 3.63) is 223 Å². The van der Waals surface area contributed by atoms with Gasteiger partial charge in [0.05, 0.1) is 17.1 Å². The normalized spacial score (nSPS) is 19.1. The number of rotatable bonds is 3. The molecule has 0 spiro atoms. The first-order valence-electron chi connectivity index (χ1n) is 22.6. The lowest BCUT2D eigenvalue weighted by atomic mass is 9.73. The van der Waals surface area contributed by atoms with Crippen molar-refractivity contribution in [1.82, 2.24) is 4.57 Å². The molecule has 0 saturated carbocycles. The SMILES string of the molecule is CC1(C)c2ccccc2-c2cc3c4c5c6ccccc6c6ccccc6c5ccc4n(-c4cccc(-c5ccc6c(c5)C5C7=CC=CCC7C=CC5N6c5ccccc5)c4)c3cc21. The molecule has 0 amide bonds. The fraction of sp³-hybridized carbons (Fsp3) is 0.115. The summed E-state index contributed by atoms with van der Waals surface area (Å²) in [5.41, 5.74) is 17.0. The van der Waals surface area contributed by atoms with Crippen LogP contribution >= 0.6 is 0 Å². The second kappa shape index (κ2) is 12.8. The van der Waals surface area contributed by atoms with Crippen molar-refractivity contribution in [3.63, 3.8) is 0 Å². The molecule has 63 heavy (non-hydrogen) atoms. The van der Waals surface area contributed by atoms with Crippen LogP contribution in [-0.2, 0) is 5.41 Å². The van der Waals surface area contributed by atoms with Crippen LogP contribution in [0.4, 0.5) is 11.4 Å². The molecule has 298 valence electrons. The quantitative estimate of drug-likeness (QED) is 0.128. The highest BCUT2D eigenvalue weighted by Crippen LogP contribution is 2.55. The average Bonchev–Trinajstić information content (AvgIpc) is 3.93.